The molecule has 0 amide bonds. The van der Waals surface area contributed by atoms with Crippen LogP contribution in [0.15, 0.2) is 121 Å². The number of benzene rings is 6. The average molecular weight is 792 g/mol. The number of para-hydroxylation sites is 2. The predicted molar refractivity (Wildman–Crippen MR) is 227 cm³/mol. The van der Waals surface area contributed by atoms with Crippen LogP contribution in [0.25, 0.3) is 88.9 Å². The molecule has 0 aliphatic rings. The lowest BCUT2D eigenvalue weighted by molar-refractivity contribution is -0.137. The van der Waals surface area contributed by atoms with Crippen LogP contribution in [-0.2, 0) is 6.18 Å². The van der Waals surface area contributed by atoms with Gasteiger partial charge in [-0.25, -0.2) is 29.9 Å². The second kappa shape index (κ2) is 13.7. The highest BCUT2D eigenvalue weighted by Gasteiger charge is 2.37. The van der Waals surface area contributed by atoms with Crippen LogP contribution in [0.1, 0.15) is 34.4 Å². The van der Waals surface area contributed by atoms with E-state index in [1.54, 1.807) is 56.5 Å². The van der Waals surface area contributed by atoms with Crippen LogP contribution in [0.2, 0.25) is 0 Å². The predicted octanol–water partition coefficient (Wildman–Crippen LogP) is 11.4. The molecule has 4 heterocycles. The number of rotatable bonds is 5. The minimum absolute atomic E-state index is 0.0763. The Labute approximate surface area is 341 Å². The molecule has 0 fully saturated rings. The quantitative estimate of drug-likeness (QED) is 0.171. The Morgan fingerprint density at radius 1 is 0.467 bits per heavy atom. The topological polar surface area (TPSA) is 111 Å². The molecule has 0 radical (unpaired) electrons. The monoisotopic (exact) mass is 791 g/mol. The summed E-state index contributed by atoms with van der Waals surface area (Å²) in [5.41, 5.74) is 4.61. The van der Waals surface area contributed by atoms with Crippen molar-refractivity contribution < 1.29 is 13.2 Å². The summed E-state index contributed by atoms with van der Waals surface area (Å²) in [5, 5.41) is 13.3. The second-order valence-corrected chi connectivity index (χ2v) is 14.8. The first-order valence-corrected chi connectivity index (χ1v) is 19.2. The molecule has 0 N–H and O–H groups in total. The van der Waals surface area contributed by atoms with Gasteiger partial charge in [0.15, 0.2) is 11.6 Å². The van der Waals surface area contributed by atoms with E-state index < -0.39 is 11.7 Å². The van der Waals surface area contributed by atoms with Gasteiger partial charge in [0.25, 0.3) is 0 Å². The molecule has 0 bridgehead atoms. The summed E-state index contributed by atoms with van der Waals surface area (Å²) < 4.78 is 51.6. The molecule has 0 spiro atoms. The Morgan fingerprint density at radius 2 is 0.950 bits per heavy atom. The van der Waals surface area contributed by atoms with Crippen LogP contribution in [0.3, 0.4) is 0 Å². The minimum Gasteiger partial charge on any atom is -0.309 e. The Hall–Kier alpha value is -7.78. The van der Waals surface area contributed by atoms with Gasteiger partial charge in [-0.2, -0.15) is 18.4 Å². The Balaban J connectivity index is 1.34. The molecule has 0 aliphatic heterocycles. The number of hydrogen-bond acceptors (Lipinski definition) is 7. The first-order valence-electron chi connectivity index (χ1n) is 19.2. The largest absolute Gasteiger partial charge is 0.418 e. The van der Waals surface area contributed by atoms with Crippen molar-refractivity contribution in [1.82, 2.24) is 39.0 Å². The molecular weight excluding hydrogens is 760 g/mol. The van der Waals surface area contributed by atoms with Crippen molar-refractivity contribution in [3.8, 4) is 51.3 Å². The summed E-state index contributed by atoms with van der Waals surface area (Å²) in [4.78, 5) is 27.0. The van der Waals surface area contributed by atoms with Crippen molar-refractivity contribution in [1.29, 1.82) is 5.26 Å². The van der Waals surface area contributed by atoms with Gasteiger partial charge in [0.05, 0.1) is 50.6 Å². The number of nitrogens with zero attached hydrogens (tertiary/aromatic N) is 9. The fourth-order valence-corrected chi connectivity index (χ4v) is 8.39. The van der Waals surface area contributed by atoms with Gasteiger partial charge in [0, 0.05) is 38.2 Å². The molecule has 0 saturated heterocycles. The number of aromatic nitrogens is 8. The van der Waals surface area contributed by atoms with Gasteiger partial charge in [-0.1, -0.05) is 72.8 Å². The molecule has 0 saturated carbocycles. The summed E-state index contributed by atoms with van der Waals surface area (Å²) in [6, 6.07) is 38.5. The van der Waals surface area contributed by atoms with E-state index >= 15 is 13.2 Å². The maximum absolute atomic E-state index is 16.0. The van der Waals surface area contributed by atoms with E-state index in [1.165, 1.54) is 6.07 Å². The van der Waals surface area contributed by atoms with E-state index in [-0.39, 0.29) is 11.4 Å². The molecule has 4 aromatic heterocycles. The minimum atomic E-state index is -4.81. The van der Waals surface area contributed by atoms with Gasteiger partial charge >= 0.3 is 6.18 Å². The standard InChI is InChI=1S/C48H32F3N9/c1-26-53-27(2)56-46(55-26)32-16-18-36-34-12-5-7-14-40(34)59(42(36)21-32)44-24-39(48(49,50)51)45(23-38(44)31-11-9-10-30(20-31)25-52)60-41-15-8-6-13-35(41)37-19-17-33(22-43(37)60)47-57-28(3)54-29(4)58-47/h5-24H,1-4H3. The number of nitriles is 1. The maximum atomic E-state index is 16.0. The fraction of sp³-hybridized carbons (Fsp3) is 0.104. The third kappa shape index (κ3) is 6.02. The van der Waals surface area contributed by atoms with E-state index in [0.717, 1.165) is 21.5 Å². The van der Waals surface area contributed by atoms with Gasteiger partial charge in [-0.05, 0) is 81.8 Å². The van der Waals surface area contributed by atoms with Crippen molar-refractivity contribution >= 4 is 43.6 Å². The molecule has 12 heteroatoms. The number of halogens is 3. The first-order chi connectivity index (χ1) is 28.9. The third-order valence-electron chi connectivity index (χ3n) is 10.8. The lowest BCUT2D eigenvalue weighted by atomic mass is 9.97. The van der Waals surface area contributed by atoms with Gasteiger partial charge in [-0.3, -0.25) is 0 Å². The summed E-state index contributed by atoms with van der Waals surface area (Å²) in [5.74, 6) is 3.06. The van der Waals surface area contributed by atoms with Crippen LogP contribution in [-0.4, -0.2) is 39.0 Å². The Morgan fingerprint density at radius 3 is 1.45 bits per heavy atom. The second-order valence-electron chi connectivity index (χ2n) is 14.8. The smallest absolute Gasteiger partial charge is 0.309 e. The number of alkyl halides is 3. The summed E-state index contributed by atoms with van der Waals surface area (Å²) in [6.45, 7) is 7.14. The van der Waals surface area contributed by atoms with Crippen LogP contribution < -0.4 is 0 Å². The molecular formula is C48H32F3N9. The average Bonchev–Trinajstić information content (AvgIpc) is 3.74. The zero-order chi connectivity index (χ0) is 41.4. The van der Waals surface area contributed by atoms with Crippen LogP contribution >= 0.6 is 0 Å². The first kappa shape index (κ1) is 36.6. The highest BCUT2D eigenvalue weighted by molar-refractivity contribution is 6.12. The summed E-state index contributed by atoms with van der Waals surface area (Å²) in [7, 11) is 0. The summed E-state index contributed by atoms with van der Waals surface area (Å²) in [6.07, 6.45) is -4.81. The summed E-state index contributed by atoms with van der Waals surface area (Å²) >= 11 is 0. The Bertz CT molecular complexity index is 3410. The van der Waals surface area contributed by atoms with Crippen molar-refractivity contribution in [2.24, 2.45) is 0 Å². The Kier molecular flexibility index (Phi) is 8.33. The van der Waals surface area contributed by atoms with Gasteiger partial charge in [0.1, 0.15) is 23.3 Å². The van der Waals surface area contributed by atoms with E-state index in [4.69, 9.17) is 0 Å². The van der Waals surface area contributed by atoms with Gasteiger partial charge < -0.3 is 9.13 Å². The van der Waals surface area contributed by atoms with Crippen LogP contribution in [0.5, 0.6) is 0 Å². The van der Waals surface area contributed by atoms with Gasteiger partial charge in [0.2, 0.25) is 0 Å². The lowest BCUT2D eigenvalue weighted by Crippen LogP contribution is -2.13. The normalized spacial score (nSPS) is 11.9. The molecule has 10 rings (SSSR count). The van der Waals surface area contributed by atoms with E-state index in [1.807, 2.05) is 95.6 Å². The van der Waals surface area contributed by atoms with E-state index in [0.29, 0.717) is 84.8 Å². The molecule has 290 valence electrons. The SMILES string of the molecule is Cc1nc(C)nc(-c2ccc3c4ccccc4n(-c4cc(C(F)(F)F)c(-n5c6ccccc6c6ccc(-c7nc(C)nc(C)n7)cc65)cc4-c4cccc(C#N)c4)c3c2)n1. The van der Waals surface area contributed by atoms with E-state index in [9.17, 15) is 5.26 Å². The van der Waals surface area contributed by atoms with Crippen molar-refractivity contribution in [3.63, 3.8) is 0 Å². The number of aryl methyl sites for hydroxylation is 4. The molecule has 9 nitrogen and oxygen atoms in total. The fourth-order valence-electron chi connectivity index (χ4n) is 8.39. The maximum Gasteiger partial charge on any atom is 0.418 e. The zero-order valence-electron chi connectivity index (χ0n) is 32.7. The number of hydrogen-bond donors (Lipinski definition) is 0. The van der Waals surface area contributed by atoms with Crippen LogP contribution in [0.4, 0.5) is 13.2 Å². The highest BCUT2D eigenvalue weighted by Crippen LogP contribution is 2.45. The lowest BCUT2D eigenvalue weighted by Gasteiger charge is -2.22. The third-order valence-corrected chi connectivity index (χ3v) is 10.8. The van der Waals surface area contributed by atoms with Crippen LogP contribution in [0, 0.1) is 39.0 Å². The molecule has 0 unspecified atom stereocenters. The van der Waals surface area contributed by atoms with Crippen molar-refractivity contribution in [2.75, 3.05) is 0 Å². The highest BCUT2D eigenvalue weighted by atomic mass is 19.4. The molecule has 60 heavy (non-hydrogen) atoms. The van der Waals surface area contributed by atoms with Crippen molar-refractivity contribution in [3.05, 3.63) is 156 Å². The van der Waals surface area contributed by atoms with Gasteiger partial charge in [-0.15, -0.1) is 0 Å². The molecule has 10 aromatic rings. The zero-order valence-corrected chi connectivity index (χ0v) is 32.7. The molecule has 0 aliphatic carbocycles. The van der Waals surface area contributed by atoms with Crippen molar-refractivity contribution in [2.45, 2.75) is 33.9 Å². The molecule has 0 atom stereocenters. The number of fused-ring (bicyclic) bond motifs is 6. The molecule has 6 aromatic carbocycles. The van der Waals surface area contributed by atoms with E-state index in [2.05, 4.69) is 36.0 Å².